The lowest BCUT2D eigenvalue weighted by Gasteiger charge is -2.13. The van der Waals surface area contributed by atoms with E-state index in [2.05, 4.69) is 0 Å². The number of aromatic carboxylic acids is 1. The second kappa shape index (κ2) is 6.51. The van der Waals surface area contributed by atoms with Crippen molar-refractivity contribution in [1.29, 1.82) is 0 Å². The zero-order valence-corrected chi connectivity index (χ0v) is 15.2. The van der Waals surface area contributed by atoms with E-state index in [4.69, 9.17) is 0 Å². The maximum absolute atomic E-state index is 13.1. The van der Waals surface area contributed by atoms with Crippen molar-refractivity contribution in [1.82, 2.24) is 4.57 Å². The molecule has 1 amide bonds. The molecule has 5 nitrogen and oxygen atoms in total. The summed E-state index contributed by atoms with van der Waals surface area (Å²) in [7, 11) is 1.58. The average Bonchev–Trinajstić information content (AvgIpc) is 3.21. The van der Waals surface area contributed by atoms with Gasteiger partial charge in [-0.3, -0.25) is 4.79 Å². The van der Waals surface area contributed by atoms with Crippen LogP contribution in [0.1, 0.15) is 32.0 Å². The average molecular weight is 400 g/mol. The van der Waals surface area contributed by atoms with Crippen molar-refractivity contribution in [2.75, 3.05) is 4.90 Å². The fourth-order valence-electron chi connectivity index (χ4n) is 3.56. The molecule has 0 saturated carbocycles. The maximum Gasteiger partial charge on any atom is 0.416 e. The molecule has 0 saturated heterocycles. The number of aryl methyl sites for hydroxylation is 1. The van der Waals surface area contributed by atoms with Crippen molar-refractivity contribution in [2.24, 2.45) is 7.05 Å². The van der Waals surface area contributed by atoms with Crippen LogP contribution in [-0.4, -0.2) is 21.6 Å². The molecule has 0 atom stereocenters. The van der Waals surface area contributed by atoms with Gasteiger partial charge in [0.1, 0.15) is 5.69 Å². The highest BCUT2D eigenvalue weighted by Crippen LogP contribution is 2.37. The van der Waals surface area contributed by atoms with Crippen molar-refractivity contribution in [3.63, 3.8) is 0 Å². The second-order valence-corrected chi connectivity index (χ2v) is 6.81. The smallest absolute Gasteiger partial charge is 0.416 e. The zero-order chi connectivity index (χ0) is 20.9. The molecular weight excluding hydrogens is 385 g/mol. The Bertz CT molecular complexity index is 1130. The number of aromatic nitrogens is 1. The highest BCUT2D eigenvalue weighted by Gasteiger charge is 2.33. The molecule has 8 heteroatoms. The number of hydrogen-bond donors (Lipinski definition) is 1. The van der Waals surface area contributed by atoms with Gasteiger partial charge in [0.15, 0.2) is 0 Å². The first-order valence-electron chi connectivity index (χ1n) is 8.68. The molecule has 1 aromatic heterocycles. The third-order valence-electron chi connectivity index (χ3n) is 4.98. The molecule has 29 heavy (non-hydrogen) atoms. The Labute approximate surface area is 163 Å². The van der Waals surface area contributed by atoms with E-state index in [1.54, 1.807) is 31.4 Å². The Kier molecular flexibility index (Phi) is 4.22. The summed E-state index contributed by atoms with van der Waals surface area (Å²) >= 11 is 0. The number of carbonyl (C=O) groups excluding carboxylic acids is 1. The van der Waals surface area contributed by atoms with Crippen LogP contribution in [-0.2, 0) is 19.8 Å². The molecule has 1 N–H and O–H groups in total. The van der Waals surface area contributed by atoms with E-state index in [0.29, 0.717) is 22.4 Å². The van der Waals surface area contributed by atoms with Crippen LogP contribution < -0.4 is 4.90 Å². The molecule has 0 aliphatic carbocycles. The van der Waals surface area contributed by atoms with Gasteiger partial charge in [-0.2, -0.15) is 13.2 Å². The first-order valence-corrected chi connectivity index (χ1v) is 8.68. The number of rotatable bonds is 3. The Morgan fingerprint density at radius 3 is 2.38 bits per heavy atom. The fraction of sp³-hybridized carbons (Fsp3) is 0.143. The number of alkyl halides is 3. The highest BCUT2D eigenvalue weighted by molar-refractivity contribution is 6.14. The molecule has 1 aliphatic rings. The van der Waals surface area contributed by atoms with Crippen molar-refractivity contribution in [3.8, 4) is 11.1 Å². The number of hydrogen-bond acceptors (Lipinski definition) is 2. The molecular formula is C21H15F3N2O3. The molecule has 0 fully saturated rings. The summed E-state index contributed by atoms with van der Waals surface area (Å²) in [6.45, 7) is 0.256. The van der Waals surface area contributed by atoms with Gasteiger partial charge in [-0.15, -0.1) is 0 Å². The number of halogens is 3. The zero-order valence-electron chi connectivity index (χ0n) is 15.2. The van der Waals surface area contributed by atoms with Crippen LogP contribution in [0.25, 0.3) is 11.1 Å². The van der Waals surface area contributed by atoms with E-state index < -0.39 is 17.7 Å². The first-order chi connectivity index (χ1) is 13.7. The molecule has 0 spiro atoms. The summed E-state index contributed by atoms with van der Waals surface area (Å²) in [6, 6.07) is 11.3. The summed E-state index contributed by atoms with van der Waals surface area (Å²) in [5.41, 5.74) is 1.92. The number of benzene rings is 2. The lowest BCUT2D eigenvalue weighted by atomic mass is 9.96. The lowest BCUT2D eigenvalue weighted by Crippen LogP contribution is -2.22. The van der Waals surface area contributed by atoms with Gasteiger partial charge in [-0.25, -0.2) is 4.79 Å². The number of carboxylic acids is 1. The van der Waals surface area contributed by atoms with Gasteiger partial charge in [0.05, 0.1) is 23.4 Å². The number of anilines is 1. The van der Waals surface area contributed by atoms with Crippen LogP contribution >= 0.6 is 0 Å². The molecule has 0 bridgehead atoms. The van der Waals surface area contributed by atoms with Crippen LogP contribution in [0.15, 0.2) is 54.7 Å². The normalized spacial score (nSPS) is 13.7. The predicted octanol–water partition coefficient (Wildman–Crippen LogP) is 4.57. The van der Waals surface area contributed by atoms with Crippen LogP contribution in [0.4, 0.5) is 18.9 Å². The number of fused-ring (bicyclic) bond motifs is 1. The van der Waals surface area contributed by atoms with Crippen LogP contribution in [0.3, 0.4) is 0 Å². The van der Waals surface area contributed by atoms with E-state index in [0.717, 1.165) is 17.7 Å². The quantitative estimate of drug-likeness (QED) is 0.701. The first kappa shape index (κ1) is 18.8. The van der Waals surface area contributed by atoms with Crippen LogP contribution in [0.5, 0.6) is 0 Å². The number of carboxylic acid groups (broad SMARTS) is 1. The van der Waals surface area contributed by atoms with E-state index in [1.807, 2.05) is 0 Å². The number of amides is 1. The van der Waals surface area contributed by atoms with E-state index in [9.17, 15) is 27.9 Å². The Morgan fingerprint density at radius 1 is 1.10 bits per heavy atom. The summed E-state index contributed by atoms with van der Waals surface area (Å²) < 4.78 is 39.9. The Hall–Kier alpha value is -3.55. The summed E-state index contributed by atoms with van der Waals surface area (Å²) in [5, 5.41) is 9.23. The van der Waals surface area contributed by atoms with Gasteiger partial charge < -0.3 is 14.6 Å². The molecule has 1 aliphatic heterocycles. The summed E-state index contributed by atoms with van der Waals surface area (Å²) in [4.78, 5) is 25.8. The highest BCUT2D eigenvalue weighted by atomic mass is 19.4. The molecule has 2 aromatic carbocycles. The van der Waals surface area contributed by atoms with Crippen molar-refractivity contribution < 1.29 is 27.9 Å². The molecule has 0 unspecified atom stereocenters. The van der Waals surface area contributed by atoms with Crippen LogP contribution in [0, 0.1) is 0 Å². The minimum Gasteiger partial charge on any atom is -0.477 e. The minimum absolute atomic E-state index is 0.0479. The van der Waals surface area contributed by atoms with Crippen LogP contribution in [0.2, 0.25) is 0 Å². The van der Waals surface area contributed by atoms with Gasteiger partial charge in [-0.05, 0) is 34.9 Å². The number of carbonyl (C=O) groups is 2. The molecule has 4 rings (SSSR count). The maximum atomic E-state index is 13.1. The van der Waals surface area contributed by atoms with E-state index >= 15 is 0 Å². The Morgan fingerprint density at radius 2 is 1.79 bits per heavy atom. The van der Waals surface area contributed by atoms with Gasteiger partial charge >= 0.3 is 12.1 Å². The SMILES string of the molecule is Cn1cc(N2Cc3cccc(-c4ccc(C(F)(F)F)cc4)c3C2=O)cc1C(=O)O. The number of nitrogens with zero attached hydrogens (tertiary/aromatic N) is 2. The topological polar surface area (TPSA) is 62.5 Å². The summed E-state index contributed by atoms with van der Waals surface area (Å²) in [6.07, 6.45) is -2.87. The Balaban J connectivity index is 1.73. The summed E-state index contributed by atoms with van der Waals surface area (Å²) in [5.74, 6) is -1.42. The van der Waals surface area contributed by atoms with Crippen molar-refractivity contribution in [2.45, 2.75) is 12.7 Å². The predicted molar refractivity (Wildman–Crippen MR) is 99.8 cm³/mol. The molecule has 3 aromatic rings. The fourth-order valence-corrected chi connectivity index (χ4v) is 3.56. The van der Waals surface area contributed by atoms with Gasteiger partial charge in [0.2, 0.25) is 0 Å². The van der Waals surface area contributed by atoms with Gasteiger partial charge in [0, 0.05) is 13.2 Å². The monoisotopic (exact) mass is 400 g/mol. The van der Waals surface area contributed by atoms with Crippen molar-refractivity contribution >= 4 is 17.6 Å². The third-order valence-corrected chi connectivity index (χ3v) is 4.98. The van der Waals surface area contributed by atoms with Crippen molar-refractivity contribution in [3.05, 3.63) is 77.1 Å². The third kappa shape index (κ3) is 3.16. The standard InChI is InChI=1S/C21H15F3N2O3/c1-25-11-15(9-17(25)20(28)29)26-10-13-3-2-4-16(18(13)19(26)27)12-5-7-14(8-6-12)21(22,23)24/h2-9,11H,10H2,1H3,(H,28,29). The minimum atomic E-state index is -4.43. The van der Waals surface area contributed by atoms with Gasteiger partial charge in [0.25, 0.3) is 5.91 Å². The van der Waals surface area contributed by atoms with E-state index in [-0.39, 0.29) is 18.1 Å². The largest absolute Gasteiger partial charge is 0.477 e. The van der Waals surface area contributed by atoms with E-state index in [1.165, 1.54) is 27.7 Å². The second-order valence-electron chi connectivity index (χ2n) is 6.81. The molecule has 148 valence electrons. The molecule has 2 heterocycles. The lowest BCUT2D eigenvalue weighted by molar-refractivity contribution is -0.137. The van der Waals surface area contributed by atoms with Gasteiger partial charge in [-0.1, -0.05) is 30.3 Å². The molecule has 0 radical (unpaired) electrons.